The van der Waals surface area contributed by atoms with E-state index in [0.29, 0.717) is 0 Å². The van der Waals surface area contributed by atoms with Gasteiger partial charge in [0, 0.05) is 28.2 Å². The quantitative estimate of drug-likeness (QED) is 0.716. The van der Waals surface area contributed by atoms with Gasteiger partial charge in [0.25, 0.3) is 0 Å². The topological polar surface area (TPSA) is 44.9 Å². The van der Waals surface area contributed by atoms with Gasteiger partial charge in [-0.1, -0.05) is 24.3 Å². The minimum absolute atomic E-state index is 0.0401. The zero-order valence-corrected chi connectivity index (χ0v) is 14.1. The van der Waals surface area contributed by atoms with E-state index in [9.17, 15) is 4.79 Å². The zero-order valence-electron chi connectivity index (χ0n) is 14.1. The van der Waals surface area contributed by atoms with Crippen LogP contribution in [0.2, 0.25) is 0 Å². The number of amides is 1. The number of fused-ring (bicyclic) bond motifs is 3. The number of hydrogen-bond donors (Lipinski definition) is 2. The van der Waals surface area contributed by atoms with Crippen LogP contribution < -0.4 is 5.32 Å². The molecule has 2 aromatic carbocycles. The van der Waals surface area contributed by atoms with Crippen LogP contribution >= 0.6 is 0 Å². The summed E-state index contributed by atoms with van der Waals surface area (Å²) in [7, 11) is 0. The molecule has 1 amide bonds. The van der Waals surface area contributed by atoms with Gasteiger partial charge in [-0.2, -0.15) is 0 Å². The average molecular weight is 318 g/mol. The average Bonchev–Trinajstić information content (AvgIpc) is 2.96. The second kappa shape index (κ2) is 5.82. The summed E-state index contributed by atoms with van der Waals surface area (Å²) in [6.45, 7) is 4.16. The minimum Gasteiger partial charge on any atom is -0.358 e. The van der Waals surface area contributed by atoms with Crippen LogP contribution in [-0.2, 0) is 17.6 Å². The number of hydrogen-bond acceptors (Lipinski definition) is 1. The Morgan fingerprint density at radius 3 is 2.79 bits per heavy atom. The molecule has 0 radical (unpaired) electrons. The number of aryl methyl sites for hydroxylation is 3. The lowest BCUT2D eigenvalue weighted by Gasteiger charge is -2.22. The Morgan fingerprint density at radius 1 is 1.12 bits per heavy atom. The molecule has 122 valence electrons. The van der Waals surface area contributed by atoms with Crippen molar-refractivity contribution in [3.8, 4) is 0 Å². The molecule has 0 saturated heterocycles. The van der Waals surface area contributed by atoms with Crippen LogP contribution in [0.3, 0.4) is 0 Å². The maximum atomic E-state index is 12.7. The normalized spacial score (nSPS) is 16.8. The van der Waals surface area contributed by atoms with Gasteiger partial charge < -0.3 is 10.3 Å². The molecule has 0 bridgehead atoms. The summed E-state index contributed by atoms with van der Waals surface area (Å²) >= 11 is 0. The van der Waals surface area contributed by atoms with Crippen molar-refractivity contribution in [1.29, 1.82) is 0 Å². The number of anilines is 1. The molecule has 3 heteroatoms. The fourth-order valence-corrected chi connectivity index (χ4v) is 3.66. The predicted molar refractivity (Wildman–Crippen MR) is 98.4 cm³/mol. The van der Waals surface area contributed by atoms with Crippen molar-refractivity contribution in [2.75, 3.05) is 5.32 Å². The van der Waals surface area contributed by atoms with Gasteiger partial charge in [-0.15, -0.1) is 0 Å². The summed E-state index contributed by atoms with van der Waals surface area (Å²) in [5.41, 5.74) is 7.14. The molecule has 2 N–H and O–H groups in total. The molecule has 3 nitrogen and oxygen atoms in total. The minimum atomic E-state index is 0.0401. The molecule has 0 saturated carbocycles. The molecule has 0 fully saturated rings. The fourth-order valence-electron chi connectivity index (χ4n) is 3.66. The first-order valence-corrected chi connectivity index (χ1v) is 8.58. The Morgan fingerprint density at radius 2 is 1.96 bits per heavy atom. The third-order valence-electron chi connectivity index (χ3n) is 5.24. The number of aromatic nitrogens is 1. The Labute approximate surface area is 142 Å². The first-order chi connectivity index (χ1) is 11.6. The van der Waals surface area contributed by atoms with E-state index in [1.807, 2.05) is 18.2 Å². The zero-order chi connectivity index (χ0) is 16.7. The predicted octanol–water partition coefficient (Wildman–Crippen LogP) is 4.53. The first kappa shape index (κ1) is 15.0. The van der Waals surface area contributed by atoms with Crippen molar-refractivity contribution in [1.82, 2.24) is 4.98 Å². The lowest BCUT2D eigenvalue weighted by atomic mass is 9.85. The van der Waals surface area contributed by atoms with Crippen LogP contribution in [0.4, 0.5) is 5.69 Å². The summed E-state index contributed by atoms with van der Waals surface area (Å²) in [5.74, 6) is 0.174. The summed E-state index contributed by atoms with van der Waals surface area (Å²) in [5, 5.41) is 4.36. The van der Waals surface area contributed by atoms with E-state index >= 15 is 0 Å². The molecular formula is C21H22N2O. The summed E-state index contributed by atoms with van der Waals surface area (Å²) in [6, 6.07) is 14.5. The van der Waals surface area contributed by atoms with Crippen molar-refractivity contribution in [2.24, 2.45) is 5.92 Å². The van der Waals surface area contributed by atoms with Gasteiger partial charge in [0.05, 0.1) is 0 Å². The molecule has 4 rings (SSSR count). The lowest BCUT2D eigenvalue weighted by molar-refractivity contribution is -0.120. The van der Waals surface area contributed by atoms with Gasteiger partial charge in [-0.05, 0) is 68.0 Å². The molecule has 0 aliphatic heterocycles. The SMILES string of the molecule is Cc1ccc(NC(=O)C2CCc3[nH]c4ccccc4c3C2)cc1C. The monoisotopic (exact) mass is 318 g/mol. The Bertz CT molecular complexity index is 923. The van der Waals surface area contributed by atoms with E-state index in [2.05, 4.69) is 48.4 Å². The third-order valence-corrected chi connectivity index (χ3v) is 5.24. The molecule has 1 aliphatic rings. The molecular weight excluding hydrogens is 296 g/mol. The summed E-state index contributed by atoms with van der Waals surface area (Å²) in [4.78, 5) is 16.2. The van der Waals surface area contributed by atoms with E-state index in [-0.39, 0.29) is 11.8 Å². The van der Waals surface area contributed by atoms with Crippen molar-refractivity contribution >= 4 is 22.5 Å². The third kappa shape index (κ3) is 2.60. The van der Waals surface area contributed by atoms with E-state index in [4.69, 9.17) is 0 Å². The summed E-state index contributed by atoms with van der Waals surface area (Å²) in [6.07, 6.45) is 2.65. The number of rotatable bonds is 2. The largest absolute Gasteiger partial charge is 0.358 e. The Balaban J connectivity index is 1.55. The van der Waals surface area contributed by atoms with Gasteiger partial charge in [0.1, 0.15) is 0 Å². The molecule has 1 aliphatic carbocycles. The number of benzene rings is 2. The van der Waals surface area contributed by atoms with E-state index in [1.54, 1.807) is 0 Å². The van der Waals surface area contributed by atoms with Crippen molar-refractivity contribution in [2.45, 2.75) is 33.1 Å². The molecule has 1 unspecified atom stereocenters. The molecule has 24 heavy (non-hydrogen) atoms. The second-order valence-electron chi connectivity index (χ2n) is 6.86. The van der Waals surface area contributed by atoms with Crippen LogP contribution in [0.1, 0.15) is 28.8 Å². The molecule has 0 spiro atoms. The fraction of sp³-hybridized carbons (Fsp3) is 0.286. The Hall–Kier alpha value is -2.55. The smallest absolute Gasteiger partial charge is 0.227 e. The highest BCUT2D eigenvalue weighted by atomic mass is 16.1. The number of carbonyl (C=O) groups excluding carboxylic acids is 1. The lowest BCUT2D eigenvalue weighted by Crippen LogP contribution is -2.28. The highest BCUT2D eigenvalue weighted by Crippen LogP contribution is 2.32. The highest BCUT2D eigenvalue weighted by molar-refractivity contribution is 5.94. The summed E-state index contributed by atoms with van der Waals surface area (Å²) < 4.78 is 0. The van der Waals surface area contributed by atoms with E-state index in [0.717, 1.165) is 24.9 Å². The second-order valence-corrected chi connectivity index (χ2v) is 6.86. The van der Waals surface area contributed by atoms with Gasteiger partial charge in [0.2, 0.25) is 5.91 Å². The van der Waals surface area contributed by atoms with Crippen LogP contribution in [0.5, 0.6) is 0 Å². The first-order valence-electron chi connectivity index (χ1n) is 8.58. The molecule has 1 heterocycles. The number of carbonyl (C=O) groups is 1. The van der Waals surface area contributed by atoms with Crippen molar-refractivity contribution in [3.05, 3.63) is 64.8 Å². The highest BCUT2D eigenvalue weighted by Gasteiger charge is 2.27. The van der Waals surface area contributed by atoms with Crippen LogP contribution in [0, 0.1) is 19.8 Å². The van der Waals surface area contributed by atoms with Gasteiger partial charge in [-0.25, -0.2) is 0 Å². The molecule has 1 aromatic heterocycles. The van der Waals surface area contributed by atoms with Crippen LogP contribution in [0.25, 0.3) is 10.9 Å². The van der Waals surface area contributed by atoms with Crippen LogP contribution in [-0.4, -0.2) is 10.9 Å². The molecule has 3 aromatic rings. The number of aromatic amines is 1. The van der Waals surface area contributed by atoms with Gasteiger partial charge in [-0.3, -0.25) is 4.79 Å². The van der Waals surface area contributed by atoms with Crippen LogP contribution in [0.15, 0.2) is 42.5 Å². The maximum Gasteiger partial charge on any atom is 0.227 e. The Kier molecular flexibility index (Phi) is 3.64. The van der Waals surface area contributed by atoms with Crippen molar-refractivity contribution in [3.63, 3.8) is 0 Å². The number of nitrogens with one attached hydrogen (secondary N) is 2. The number of para-hydroxylation sites is 1. The van der Waals surface area contributed by atoms with Gasteiger partial charge in [0.15, 0.2) is 0 Å². The maximum absolute atomic E-state index is 12.7. The van der Waals surface area contributed by atoms with E-state index in [1.165, 1.54) is 33.3 Å². The standard InChI is InChI=1S/C21H22N2O/c1-13-7-9-16(11-14(13)2)22-21(24)15-8-10-20-18(12-15)17-5-3-4-6-19(17)23-20/h3-7,9,11,15,23H,8,10,12H2,1-2H3,(H,22,24). The van der Waals surface area contributed by atoms with Crippen molar-refractivity contribution < 1.29 is 4.79 Å². The number of H-pyrrole nitrogens is 1. The van der Waals surface area contributed by atoms with Gasteiger partial charge >= 0.3 is 0 Å². The van der Waals surface area contributed by atoms with E-state index < -0.39 is 0 Å². The molecule has 1 atom stereocenters.